The Bertz CT molecular complexity index is 406. The summed E-state index contributed by atoms with van der Waals surface area (Å²) in [5, 5.41) is 8.60. The van der Waals surface area contributed by atoms with E-state index in [-0.39, 0.29) is 25.5 Å². The molecule has 0 rings (SSSR count). The van der Waals surface area contributed by atoms with Crippen LogP contribution in [-0.4, -0.2) is 44.4 Å². The molecule has 118 valence electrons. The maximum atomic E-state index is 11.5. The van der Waals surface area contributed by atoms with Crippen molar-refractivity contribution in [2.24, 2.45) is 5.92 Å². The number of aliphatic carboxylic acids is 1. The summed E-state index contributed by atoms with van der Waals surface area (Å²) in [7, 11) is -3.68. The fraction of sp³-hybridized carbons (Fsp3) is 0.833. The number of carbonyl (C=O) groups excluding carboxylic acids is 1. The standard InChI is InChI=1S/C12H23NO6S/c1-3-10(5-6-11(14)15)7-8-13-20(17,18)9-12(16)19-4-2/h10,13H,3-9H2,1-2H3,(H,14,15). The van der Waals surface area contributed by atoms with E-state index in [1.165, 1.54) is 0 Å². The number of ether oxygens (including phenoxy) is 1. The lowest BCUT2D eigenvalue weighted by Crippen LogP contribution is -2.32. The Balaban J connectivity index is 4.06. The Morgan fingerprint density at radius 2 is 1.90 bits per heavy atom. The van der Waals surface area contributed by atoms with Crippen molar-refractivity contribution >= 4 is 22.0 Å². The first-order chi connectivity index (χ1) is 9.30. The zero-order valence-electron chi connectivity index (χ0n) is 11.9. The Morgan fingerprint density at radius 1 is 1.25 bits per heavy atom. The van der Waals surface area contributed by atoms with Gasteiger partial charge in [0.05, 0.1) is 6.61 Å². The van der Waals surface area contributed by atoms with Gasteiger partial charge in [-0.05, 0) is 25.7 Å². The van der Waals surface area contributed by atoms with Crippen molar-refractivity contribution in [3.8, 4) is 0 Å². The maximum absolute atomic E-state index is 11.5. The molecular formula is C12H23NO6S. The molecule has 0 saturated carbocycles. The lowest BCUT2D eigenvalue weighted by Gasteiger charge is -2.14. The van der Waals surface area contributed by atoms with E-state index in [2.05, 4.69) is 9.46 Å². The van der Waals surface area contributed by atoms with Gasteiger partial charge in [0.2, 0.25) is 10.0 Å². The average Bonchev–Trinajstić information content (AvgIpc) is 2.32. The van der Waals surface area contributed by atoms with Crippen LogP contribution in [0.1, 0.15) is 39.5 Å². The minimum Gasteiger partial charge on any atom is -0.481 e. The first-order valence-corrected chi connectivity index (χ1v) is 8.30. The van der Waals surface area contributed by atoms with Crippen molar-refractivity contribution in [1.82, 2.24) is 4.72 Å². The Labute approximate surface area is 119 Å². The van der Waals surface area contributed by atoms with Crippen LogP contribution in [0.4, 0.5) is 0 Å². The fourth-order valence-corrected chi connectivity index (χ4v) is 2.63. The van der Waals surface area contributed by atoms with Gasteiger partial charge in [0.15, 0.2) is 5.75 Å². The molecule has 0 heterocycles. The minimum atomic E-state index is -3.68. The third-order valence-electron chi connectivity index (χ3n) is 2.83. The van der Waals surface area contributed by atoms with Crippen molar-refractivity contribution < 1.29 is 27.9 Å². The Morgan fingerprint density at radius 3 is 2.40 bits per heavy atom. The highest BCUT2D eigenvalue weighted by atomic mass is 32.2. The number of hydrogen-bond acceptors (Lipinski definition) is 5. The van der Waals surface area contributed by atoms with E-state index in [4.69, 9.17) is 5.11 Å². The van der Waals surface area contributed by atoms with E-state index in [1.54, 1.807) is 6.92 Å². The van der Waals surface area contributed by atoms with E-state index >= 15 is 0 Å². The molecule has 0 aromatic rings. The van der Waals surface area contributed by atoms with Gasteiger partial charge in [0.1, 0.15) is 0 Å². The van der Waals surface area contributed by atoms with Crippen LogP contribution < -0.4 is 4.72 Å². The summed E-state index contributed by atoms with van der Waals surface area (Å²) in [6.07, 6.45) is 1.93. The molecule has 1 unspecified atom stereocenters. The highest BCUT2D eigenvalue weighted by molar-refractivity contribution is 7.90. The number of carboxylic acids is 1. The third kappa shape index (κ3) is 9.74. The molecule has 1 atom stereocenters. The topological polar surface area (TPSA) is 110 Å². The number of carbonyl (C=O) groups is 2. The van der Waals surface area contributed by atoms with E-state index in [0.29, 0.717) is 12.8 Å². The van der Waals surface area contributed by atoms with Crippen LogP contribution in [0.2, 0.25) is 0 Å². The summed E-state index contributed by atoms with van der Waals surface area (Å²) in [6.45, 7) is 3.87. The highest BCUT2D eigenvalue weighted by Gasteiger charge is 2.17. The van der Waals surface area contributed by atoms with Gasteiger partial charge < -0.3 is 9.84 Å². The minimum absolute atomic E-state index is 0.0775. The van der Waals surface area contributed by atoms with Crippen molar-refractivity contribution in [1.29, 1.82) is 0 Å². The number of esters is 1. The molecule has 2 N–H and O–H groups in total. The van der Waals surface area contributed by atoms with E-state index in [0.717, 1.165) is 6.42 Å². The van der Waals surface area contributed by atoms with Crippen LogP contribution in [0.5, 0.6) is 0 Å². The number of sulfonamides is 1. The molecule has 0 aliphatic heterocycles. The normalized spacial score (nSPS) is 12.9. The summed E-state index contributed by atoms with van der Waals surface area (Å²) in [5.74, 6) is -2.17. The second kappa shape index (κ2) is 9.71. The van der Waals surface area contributed by atoms with Crippen molar-refractivity contribution in [2.45, 2.75) is 39.5 Å². The summed E-state index contributed by atoms with van der Waals surface area (Å²) < 4.78 is 30.0. The zero-order valence-corrected chi connectivity index (χ0v) is 12.7. The van der Waals surface area contributed by atoms with Gasteiger partial charge in [-0.3, -0.25) is 9.59 Å². The molecule has 0 radical (unpaired) electrons. The van der Waals surface area contributed by atoms with Gasteiger partial charge >= 0.3 is 11.9 Å². The molecule has 0 aliphatic carbocycles. The van der Waals surface area contributed by atoms with Crippen molar-refractivity contribution in [3.63, 3.8) is 0 Å². The SMILES string of the molecule is CCOC(=O)CS(=O)(=O)NCCC(CC)CCC(=O)O. The van der Waals surface area contributed by atoms with Crippen LogP contribution >= 0.6 is 0 Å². The lowest BCUT2D eigenvalue weighted by atomic mass is 9.97. The summed E-state index contributed by atoms with van der Waals surface area (Å²) in [6, 6.07) is 0. The zero-order chi connectivity index (χ0) is 15.6. The maximum Gasteiger partial charge on any atom is 0.322 e. The predicted molar refractivity (Wildman–Crippen MR) is 73.7 cm³/mol. The van der Waals surface area contributed by atoms with Gasteiger partial charge in [0.25, 0.3) is 0 Å². The van der Waals surface area contributed by atoms with Gasteiger partial charge in [-0.1, -0.05) is 13.3 Å². The van der Waals surface area contributed by atoms with Gasteiger partial charge in [-0.25, -0.2) is 13.1 Å². The molecule has 8 heteroatoms. The van der Waals surface area contributed by atoms with Crippen LogP contribution in [0.25, 0.3) is 0 Å². The van der Waals surface area contributed by atoms with Crippen molar-refractivity contribution in [3.05, 3.63) is 0 Å². The quantitative estimate of drug-likeness (QED) is 0.545. The van der Waals surface area contributed by atoms with E-state index < -0.39 is 27.7 Å². The van der Waals surface area contributed by atoms with Crippen LogP contribution in [0.15, 0.2) is 0 Å². The molecule has 0 spiro atoms. The molecule has 20 heavy (non-hydrogen) atoms. The third-order valence-corrected chi connectivity index (χ3v) is 4.09. The molecule has 0 aromatic carbocycles. The predicted octanol–water partition coefficient (Wildman–Crippen LogP) is 0.750. The van der Waals surface area contributed by atoms with Crippen LogP contribution in [0, 0.1) is 5.92 Å². The van der Waals surface area contributed by atoms with Gasteiger partial charge in [0, 0.05) is 13.0 Å². The first-order valence-electron chi connectivity index (χ1n) is 6.65. The molecule has 0 fully saturated rings. The number of hydrogen-bond donors (Lipinski definition) is 2. The Kier molecular flexibility index (Phi) is 9.15. The monoisotopic (exact) mass is 309 g/mol. The average molecular weight is 309 g/mol. The van der Waals surface area contributed by atoms with Gasteiger partial charge in [-0.15, -0.1) is 0 Å². The smallest absolute Gasteiger partial charge is 0.322 e. The molecule has 0 saturated heterocycles. The molecular weight excluding hydrogens is 286 g/mol. The number of carboxylic acid groups (broad SMARTS) is 1. The van der Waals surface area contributed by atoms with Crippen molar-refractivity contribution in [2.75, 3.05) is 18.9 Å². The summed E-state index contributed by atoms with van der Waals surface area (Å²) in [4.78, 5) is 21.6. The number of nitrogens with one attached hydrogen (secondary N) is 1. The molecule has 0 amide bonds. The summed E-state index contributed by atoms with van der Waals surface area (Å²) in [5.41, 5.74) is 0. The molecule has 7 nitrogen and oxygen atoms in total. The molecule has 0 bridgehead atoms. The highest BCUT2D eigenvalue weighted by Crippen LogP contribution is 2.14. The summed E-state index contributed by atoms with van der Waals surface area (Å²) >= 11 is 0. The largest absolute Gasteiger partial charge is 0.481 e. The Hall–Kier alpha value is -1.15. The lowest BCUT2D eigenvalue weighted by molar-refractivity contribution is -0.140. The second-order valence-corrected chi connectivity index (χ2v) is 6.26. The second-order valence-electron chi connectivity index (χ2n) is 4.45. The molecule has 0 aliphatic rings. The van der Waals surface area contributed by atoms with Gasteiger partial charge in [-0.2, -0.15) is 0 Å². The number of rotatable bonds is 11. The first kappa shape index (κ1) is 18.9. The van der Waals surface area contributed by atoms with Crippen LogP contribution in [-0.2, 0) is 24.3 Å². The van der Waals surface area contributed by atoms with Crippen LogP contribution in [0.3, 0.4) is 0 Å². The van der Waals surface area contributed by atoms with E-state index in [1.807, 2.05) is 6.92 Å². The molecule has 0 aromatic heterocycles. The fourth-order valence-electron chi connectivity index (χ4n) is 1.71. The van der Waals surface area contributed by atoms with E-state index in [9.17, 15) is 18.0 Å².